The van der Waals surface area contributed by atoms with Crippen LogP contribution in [0.15, 0.2) is 78.4 Å². The molecule has 0 fully saturated rings. The van der Waals surface area contributed by atoms with E-state index in [1.165, 1.54) is 105 Å². The van der Waals surface area contributed by atoms with E-state index in [0.717, 1.165) is 6.42 Å². The molecule has 1 atom stereocenters. The van der Waals surface area contributed by atoms with E-state index in [1.54, 1.807) is 0 Å². The Bertz CT molecular complexity index is 1570. The summed E-state index contributed by atoms with van der Waals surface area (Å²) in [6.07, 6.45) is 19.0. The van der Waals surface area contributed by atoms with Gasteiger partial charge in [-0.05, 0) is 58.4 Å². The number of benzene rings is 3. The zero-order valence-electron chi connectivity index (χ0n) is 31.9. The maximum absolute atomic E-state index is 3.65. The van der Waals surface area contributed by atoms with Gasteiger partial charge in [0, 0.05) is 5.41 Å². The van der Waals surface area contributed by atoms with Crippen LogP contribution in [-0.2, 0) is 41.5 Å². The van der Waals surface area contributed by atoms with Crippen molar-refractivity contribution in [1.82, 2.24) is 0 Å². The summed E-state index contributed by atoms with van der Waals surface area (Å²) in [4.78, 5) is 0. The molecule has 264 valence electrons. The van der Waals surface area contributed by atoms with E-state index in [9.17, 15) is 0 Å². The minimum atomic E-state index is 0. The SMILES string of the molecule is CC1=[C-]C(C)(C)c2cc3c(cc21)-c1cc2c(cc1C3)C(C)(C)C=C2C.CCCCC1[C-]=CC(C(C)(C)C)=C1.Cl.Cl.[CH2]=[Zr].[CH3-].[c-]1ccccc1. The van der Waals surface area contributed by atoms with Crippen molar-refractivity contribution < 1.29 is 24.2 Å². The predicted molar refractivity (Wildman–Crippen MR) is 218 cm³/mol. The summed E-state index contributed by atoms with van der Waals surface area (Å²) >= 11 is 1.30. The Morgan fingerprint density at radius 3 is 1.90 bits per heavy atom. The zero-order chi connectivity index (χ0) is 33.9. The molecule has 0 amide bonds. The molecule has 0 aliphatic heterocycles. The average Bonchev–Trinajstić information content (AvgIpc) is 3.75. The molecule has 0 nitrogen and oxygen atoms in total. The van der Waals surface area contributed by atoms with Gasteiger partial charge in [0.2, 0.25) is 0 Å². The largest absolute Gasteiger partial charge is 0.358 e. The second kappa shape index (κ2) is 18.4. The van der Waals surface area contributed by atoms with Gasteiger partial charge in [0.25, 0.3) is 0 Å². The van der Waals surface area contributed by atoms with Crippen molar-refractivity contribution in [3.63, 3.8) is 0 Å². The molecular weight excluding hydrogens is 715 g/mol. The predicted octanol–water partition coefficient (Wildman–Crippen LogP) is 13.3. The van der Waals surface area contributed by atoms with Crippen molar-refractivity contribution in [2.45, 2.75) is 106 Å². The third kappa shape index (κ3) is 10.3. The Morgan fingerprint density at radius 1 is 0.837 bits per heavy atom. The molecule has 0 bridgehead atoms. The van der Waals surface area contributed by atoms with Gasteiger partial charge < -0.3 is 7.43 Å². The molecule has 3 aromatic carbocycles. The maximum atomic E-state index is 3.65. The molecule has 49 heavy (non-hydrogen) atoms. The number of fused-ring (bicyclic) bond motifs is 5. The summed E-state index contributed by atoms with van der Waals surface area (Å²) in [7, 11) is 0. The van der Waals surface area contributed by atoms with Crippen molar-refractivity contribution in [2.24, 2.45) is 11.3 Å². The first kappa shape index (κ1) is 45.0. The van der Waals surface area contributed by atoms with Gasteiger partial charge in [-0.15, -0.1) is 36.4 Å². The van der Waals surface area contributed by atoms with E-state index >= 15 is 0 Å². The average molecular weight is 773 g/mol. The van der Waals surface area contributed by atoms with Gasteiger partial charge in [0.15, 0.2) is 0 Å². The molecule has 0 saturated carbocycles. The molecule has 0 saturated heterocycles. The fourth-order valence-electron chi connectivity index (χ4n) is 7.18. The van der Waals surface area contributed by atoms with E-state index in [0.29, 0.717) is 11.3 Å². The third-order valence-electron chi connectivity index (χ3n) is 9.61. The van der Waals surface area contributed by atoms with Gasteiger partial charge in [-0.3, -0.25) is 12.2 Å². The first-order valence-corrected chi connectivity index (χ1v) is 18.7. The molecule has 0 heterocycles. The van der Waals surface area contributed by atoms with Crippen LogP contribution < -0.4 is 0 Å². The number of allylic oxidation sites excluding steroid dienone is 8. The number of hydrogen-bond donors (Lipinski definition) is 0. The molecule has 0 spiro atoms. The summed E-state index contributed by atoms with van der Waals surface area (Å²) in [6, 6.07) is 22.3. The summed E-state index contributed by atoms with van der Waals surface area (Å²) in [5, 5.41) is 0. The van der Waals surface area contributed by atoms with Crippen molar-refractivity contribution in [3.8, 4) is 11.1 Å². The van der Waals surface area contributed by atoms with E-state index in [-0.39, 0.29) is 43.1 Å². The van der Waals surface area contributed by atoms with E-state index in [1.807, 2.05) is 30.3 Å². The Hall–Kier alpha value is -2.05. The van der Waals surface area contributed by atoms with Crippen molar-refractivity contribution in [2.75, 3.05) is 0 Å². The molecule has 0 radical (unpaired) electrons. The number of halogens is 2. The third-order valence-corrected chi connectivity index (χ3v) is 9.61. The van der Waals surface area contributed by atoms with Gasteiger partial charge in [0.05, 0.1) is 0 Å². The Labute approximate surface area is 327 Å². The molecule has 4 aliphatic carbocycles. The van der Waals surface area contributed by atoms with Gasteiger partial charge >= 0.3 is 28.4 Å². The monoisotopic (exact) mass is 770 g/mol. The molecule has 4 aliphatic rings. The van der Waals surface area contributed by atoms with Crippen LogP contribution in [0.5, 0.6) is 0 Å². The quantitative estimate of drug-likeness (QED) is 0.182. The minimum absolute atomic E-state index is 0. The molecule has 7 rings (SSSR count). The van der Waals surface area contributed by atoms with Crippen LogP contribution in [0.3, 0.4) is 0 Å². The molecule has 3 heteroatoms. The van der Waals surface area contributed by atoms with E-state index < -0.39 is 0 Å². The second-order valence-electron chi connectivity index (χ2n) is 15.2. The first-order valence-electron chi connectivity index (χ1n) is 17.0. The smallest absolute Gasteiger partial charge is 0.171 e. The van der Waals surface area contributed by atoms with Gasteiger partial charge in [-0.1, -0.05) is 117 Å². The van der Waals surface area contributed by atoms with Crippen molar-refractivity contribution in [1.29, 1.82) is 0 Å². The van der Waals surface area contributed by atoms with E-state index in [4.69, 9.17) is 0 Å². The summed E-state index contributed by atoms with van der Waals surface area (Å²) in [6.45, 7) is 22.7. The Morgan fingerprint density at radius 2 is 1.41 bits per heavy atom. The number of rotatable bonds is 3. The maximum Gasteiger partial charge on any atom is -0.171 e. The summed E-state index contributed by atoms with van der Waals surface area (Å²) < 4.78 is 3.34. The summed E-state index contributed by atoms with van der Waals surface area (Å²) in [5.41, 5.74) is 16.3. The van der Waals surface area contributed by atoms with Crippen LogP contribution in [0.25, 0.3) is 22.3 Å². The van der Waals surface area contributed by atoms with Crippen LogP contribution in [0, 0.1) is 37.0 Å². The number of unbranched alkanes of at least 4 members (excludes halogenated alkanes) is 1. The summed E-state index contributed by atoms with van der Waals surface area (Å²) in [5.74, 6) is 0.592. The Balaban J connectivity index is 0.000000424. The standard InChI is InChI=1S/C25H25.C13H21.C6H5.CH3.CH2.2ClH.Zr/c1-14-12-24(3,4)22-8-16-7-17-9-23-19(15(2)13-25(23,5)6)11-21(17)20(16)10-18(14)22;1-5-6-7-11-8-9-12(10-11)13(2,3)4;1-2-4-6-5-3-1;;;;;/h8-12H,7H2,1-6H3;9-11H,5-7H2,1-4H3;1-5H;1H3;1H2;2*1H;/q4*-1;;;;. The fraction of sp³-hybridized carbons (Fsp3) is 0.391. The first-order chi connectivity index (χ1) is 21.7. The molecular formula is C46H58Cl2Zr-4. The number of hydrogen-bond acceptors (Lipinski definition) is 0. The molecule has 1 unspecified atom stereocenters. The van der Waals surface area contributed by atoms with Crippen LogP contribution in [0.2, 0.25) is 0 Å². The Kier molecular flexibility index (Phi) is 16.9. The molecule has 3 aromatic rings. The van der Waals surface area contributed by atoms with Crippen LogP contribution in [-0.4, -0.2) is 4.21 Å². The van der Waals surface area contributed by atoms with Gasteiger partial charge in [-0.25, -0.2) is 11.6 Å². The fourth-order valence-corrected chi connectivity index (χ4v) is 7.18. The van der Waals surface area contributed by atoms with Crippen LogP contribution >= 0.6 is 24.8 Å². The normalized spacial score (nSPS) is 17.4. The minimum Gasteiger partial charge on any atom is -0.358 e. The van der Waals surface area contributed by atoms with Crippen LogP contribution in [0.4, 0.5) is 0 Å². The second-order valence-corrected chi connectivity index (χ2v) is 15.2. The topological polar surface area (TPSA) is 0 Å². The molecule has 0 aromatic heterocycles. The molecule has 0 N–H and O–H groups in total. The van der Waals surface area contributed by atoms with Crippen LogP contribution in [0.1, 0.15) is 122 Å². The van der Waals surface area contributed by atoms with Crippen molar-refractivity contribution >= 4 is 40.2 Å². The van der Waals surface area contributed by atoms with Gasteiger partial charge in [-0.2, -0.15) is 53.6 Å². The zero-order valence-corrected chi connectivity index (χ0v) is 35.9. The van der Waals surface area contributed by atoms with E-state index in [2.05, 4.69) is 134 Å². The van der Waals surface area contributed by atoms with Gasteiger partial charge in [0.1, 0.15) is 0 Å². The van der Waals surface area contributed by atoms with Crippen molar-refractivity contribution in [3.05, 3.63) is 137 Å².